The van der Waals surface area contributed by atoms with E-state index in [1.54, 1.807) is 11.3 Å². The maximum atomic E-state index is 5.87. The number of halogens is 1. The summed E-state index contributed by atoms with van der Waals surface area (Å²) < 4.78 is 0. The standard InChI is InChI=1S/C16H13ClN2S/c17-13-6-8-14(9-7-13)19-16-18-11-15(20-16)10-12-4-2-1-3-5-12/h1-9,11H,10H2,(H,18,19). The number of nitrogens with one attached hydrogen (secondary N) is 1. The molecule has 4 heteroatoms. The van der Waals surface area contributed by atoms with E-state index in [2.05, 4.69) is 34.6 Å². The van der Waals surface area contributed by atoms with E-state index in [1.807, 2.05) is 36.5 Å². The summed E-state index contributed by atoms with van der Waals surface area (Å²) >= 11 is 7.54. The van der Waals surface area contributed by atoms with Crippen LogP contribution in [0.5, 0.6) is 0 Å². The highest BCUT2D eigenvalue weighted by Crippen LogP contribution is 2.25. The first kappa shape index (κ1) is 13.2. The van der Waals surface area contributed by atoms with Crippen molar-refractivity contribution in [3.63, 3.8) is 0 Å². The van der Waals surface area contributed by atoms with Gasteiger partial charge in [0, 0.05) is 28.2 Å². The summed E-state index contributed by atoms with van der Waals surface area (Å²) in [7, 11) is 0. The monoisotopic (exact) mass is 300 g/mol. The average molecular weight is 301 g/mol. The number of hydrogen-bond acceptors (Lipinski definition) is 3. The van der Waals surface area contributed by atoms with Crippen molar-refractivity contribution in [3.8, 4) is 0 Å². The molecule has 1 aromatic heterocycles. The van der Waals surface area contributed by atoms with Gasteiger partial charge in [-0.3, -0.25) is 0 Å². The third-order valence-electron chi connectivity index (χ3n) is 2.87. The van der Waals surface area contributed by atoms with Crippen LogP contribution in [0.3, 0.4) is 0 Å². The Labute approximate surface area is 127 Å². The van der Waals surface area contributed by atoms with Crippen molar-refractivity contribution in [1.29, 1.82) is 0 Å². The third-order valence-corrected chi connectivity index (χ3v) is 4.03. The zero-order valence-electron chi connectivity index (χ0n) is 10.7. The van der Waals surface area contributed by atoms with Crippen molar-refractivity contribution >= 4 is 33.8 Å². The van der Waals surface area contributed by atoms with E-state index in [4.69, 9.17) is 11.6 Å². The number of aromatic nitrogens is 1. The molecule has 0 spiro atoms. The fourth-order valence-electron chi connectivity index (χ4n) is 1.90. The van der Waals surface area contributed by atoms with Gasteiger partial charge >= 0.3 is 0 Å². The van der Waals surface area contributed by atoms with Crippen molar-refractivity contribution in [2.45, 2.75) is 6.42 Å². The SMILES string of the molecule is Clc1ccc(Nc2ncc(Cc3ccccc3)s2)cc1. The van der Waals surface area contributed by atoms with Gasteiger partial charge in [0.2, 0.25) is 0 Å². The second kappa shape index (κ2) is 6.07. The van der Waals surface area contributed by atoms with E-state index in [0.29, 0.717) is 0 Å². The van der Waals surface area contributed by atoms with Crippen molar-refractivity contribution in [3.05, 3.63) is 76.3 Å². The van der Waals surface area contributed by atoms with Crippen LogP contribution in [0.2, 0.25) is 5.02 Å². The van der Waals surface area contributed by atoms with Crippen LogP contribution >= 0.6 is 22.9 Å². The minimum atomic E-state index is 0.736. The molecule has 0 bridgehead atoms. The fraction of sp³-hybridized carbons (Fsp3) is 0.0625. The normalized spacial score (nSPS) is 10.4. The maximum absolute atomic E-state index is 5.87. The van der Waals surface area contributed by atoms with Gasteiger partial charge in [-0.15, -0.1) is 11.3 Å². The number of rotatable bonds is 4. The number of anilines is 2. The Bertz CT molecular complexity index is 677. The zero-order chi connectivity index (χ0) is 13.8. The summed E-state index contributed by atoms with van der Waals surface area (Å²) in [6.45, 7) is 0. The molecule has 0 saturated carbocycles. The molecular weight excluding hydrogens is 288 g/mol. The van der Waals surface area contributed by atoms with Crippen LogP contribution in [0.15, 0.2) is 60.8 Å². The van der Waals surface area contributed by atoms with Crippen LogP contribution in [-0.4, -0.2) is 4.98 Å². The van der Waals surface area contributed by atoms with E-state index in [-0.39, 0.29) is 0 Å². The molecule has 0 amide bonds. The molecule has 100 valence electrons. The van der Waals surface area contributed by atoms with Gasteiger partial charge in [0.25, 0.3) is 0 Å². The fourth-order valence-corrected chi connectivity index (χ4v) is 2.89. The van der Waals surface area contributed by atoms with E-state index >= 15 is 0 Å². The topological polar surface area (TPSA) is 24.9 Å². The second-order valence-electron chi connectivity index (χ2n) is 4.43. The Morgan fingerprint density at radius 1 is 1.00 bits per heavy atom. The molecule has 3 rings (SSSR count). The predicted octanol–water partition coefficient (Wildman–Crippen LogP) is 5.13. The van der Waals surface area contributed by atoms with Gasteiger partial charge in [-0.25, -0.2) is 4.98 Å². The predicted molar refractivity (Wildman–Crippen MR) is 86.1 cm³/mol. The molecule has 0 radical (unpaired) electrons. The van der Waals surface area contributed by atoms with Crippen molar-refractivity contribution in [1.82, 2.24) is 4.98 Å². The van der Waals surface area contributed by atoms with E-state index in [1.165, 1.54) is 10.4 Å². The van der Waals surface area contributed by atoms with E-state index in [0.717, 1.165) is 22.3 Å². The highest BCUT2D eigenvalue weighted by molar-refractivity contribution is 7.15. The van der Waals surface area contributed by atoms with Crippen LogP contribution in [0.4, 0.5) is 10.8 Å². The largest absolute Gasteiger partial charge is 0.332 e. The molecule has 2 nitrogen and oxygen atoms in total. The Morgan fingerprint density at radius 3 is 2.50 bits per heavy atom. The highest BCUT2D eigenvalue weighted by atomic mass is 35.5. The minimum Gasteiger partial charge on any atom is -0.332 e. The first-order valence-electron chi connectivity index (χ1n) is 6.31. The molecule has 0 aliphatic heterocycles. The van der Waals surface area contributed by atoms with Crippen molar-refractivity contribution < 1.29 is 0 Å². The maximum Gasteiger partial charge on any atom is 0.187 e. The van der Waals surface area contributed by atoms with Crippen LogP contribution in [-0.2, 0) is 6.42 Å². The lowest BCUT2D eigenvalue weighted by Crippen LogP contribution is -1.87. The molecule has 3 aromatic rings. The van der Waals surface area contributed by atoms with E-state index in [9.17, 15) is 0 Å². The van der Waals surface area contributed by atoms with Gasteiger partial charge in [-0.05, 0) is 29.8 Å². The average Bonchev–Trinajstić information content (AvgIpc) is 2.90. The number of benzene rings is 2. The van der Waals surface area contributed by atoms with Gasteiger partial charge in [0.1, 0.15) is 0 Å². The van der Waals surface area contributed by atoms with Gasteiger partial charge in [0.15, 0.2) is 5.13 Å². The lowest BCUT2D eigenvalue weighted by Gasteiger charge is -2.01. The van der Waals surface area contributed by atoms with E-state index < -0.39 is 0 Å². The van der Waals surface area contributed by atoms with Crippen LogP contribution in [0.25, 0.3) is 0 Å². The molecule has 0 aliphatic rings. The molecule has 0 aliphatic carbocycles. The molecular formula is C16H13ClN2S. The smallest absolute Gasteiger partial charge is 0.187 e. The molecule has 0 saturated heterocycles. The van der Waals surface area contributed by atoms with Crippen LogP contribution in [0.1, 0.15) is 10.4 Å². The highest BCUT2D eigenvalue weighted by Gasteiger charge is 2.03. The first-order valence-corrected chi connectivity index (χ1v) is 7.50. The first-order chi connectivity index (χ1) is 9.79. The van der Waals surface area contributed by atoms with Gasteiger partial charge in [-0.2, -0.15) is 0 Å². The zero-order valence-corrected chi connectivity index (χ0v) is 12.3. The molecule has 20 heavy (non-hydrogen) atoms. The second-order valence-corrected chi connectivity index (χ2v) is 5.98. The lowest BCUT2D eigenvalue weighted by atomic mass is 10.1. The molecule has 1 heterocycles. The van der Waals surface area contributed by atoms with Crippen LogP contribution in [0, 0.1) is 0 Å². The molecule has 1 N–H and O–H groups in total. The van der Waals surface area contributed by atoms with Crippen molar-refractivity contribution in [2.24, 2.45) is 0 Å². The number of thiazole rings is 1. The van der Waals surface area contributed by atoms with Gasteiger partial charge < -0.3 is 5.32 Å². The Balaban J connectivity index is 1.69. The summed E-state index contributed by atoms with van der Waals surface area (Å²) in [5.74, 6) is 0. The molecule has 2 aromatic carbocycles. The number of hydrogen-bond donors (Lipinski definition) is 1. The molecule has 0 atom stereocenters. The van der Waals surface area contributed by atoms with Gasteiger partial charge in [-0.1, -0.05) is 41.9 Å². The Morgan fingerprint density at radius 2 is 1.75 bits per heavy atom. The lowest BCUT2D eigenvalue weighted by molar-refractivity contribution is 1.22. The molecule has 0 unspecified atom stereocenters. The third kappa shape index (κ3) is 3.38. The summed E-state index contributed by atoms with van der Waals surface area (Å²) in [4.78, 5) is 5.65. The van der Waals surface area contributed by atoms with Gasteiger partial charge in [0.05, 0.1) is 0 Å². The Hall–Kier alpha value is -1.84. The summed E-state index contributed by atoms with van der Waals surface area (Å²) in [6, 6.07) is 18.0. The summed E-state index contributed by atoms with van der Waals surface area (Å²) in [5, 5.41) is 4.92. The minimum absolute atomic E-state index is 0.736. The number of nitrogens with zero attached hydrogens (tertiary/aromatic N) is 1. The van der Waals surface area contributed by atoms with Crippen molar-refractivity contribution in [2.75, 3.05) is 5.32 Å². The quantitative estimate of drug-likeness (QED) is 0.722. The molecule has 0 fully saturated rings. The Kier molecular flexibility index (Phi) is 4.00. The summed E-state index contributed by atoms with van der Waals surface area (Å²) in [6.07, 6.45) is 2.84. The van der Waals surface area contributed by atoms with Crippen LogP contribution < -0.4 is 5.32 Å². The summed E-state index contributed by atoms with van der Waals surface area (Å²) in [5.41, 5.74) is 2.30.